The third-order valence-electron chi connectivity index (χ3n) is 3.79. The number of rotatable bonds is 2. The van der Waals surface area contributed by atoms with E-state index in [2.05, 4.69) is 24.0 Å². The van der Waals surface area contributed by atoms with Crippen molar-refractivity contribution in [1.29, 1.82) is 0 Å². The Morgan fingerprint density at radius 3 is 2.68 bits per heavy atom. The number of phenolic OH excluding ortho intramolecular Hbond substituents is 1. The first-order chi connectivity index (χ1) is 10.7. The second-order valence-corrected chi connectivity index (χ2v) is 6.08. The maximum absolute atomic E-state index is 9.99. The third-order valence-corrected chi connectivity index (χ3v) is 4.66. The number of fused-ring (bicyclic) bond motifs is 1. The molecule has 0 atom stereocenters. The fourth-order valence-electron chi connectivity index (χ4n) is 2.77. The summed E-state index contributed by atoms with van der Waals surface area (Å²) in [5.41, 5.74) is 5.07. The van der Waals surface area contributed by atoms with Gasteiger partial charge in [-0.25, -0.2) is 4.98 Å². The number of aromatic amines is 1. The lowest BCUT2D eigenvalue weighted by atomic mass is 10.1. The highest BCUT2D eigenvalue weighted by Gasteiger charge is 2.15. The minimum Gasteiger partial charge on any atom is -0.507 e. The quantitative estimate of drug-likeness (QED) is 0.549. The second-order valence-electron chi connectivity index (χ2n) is 5.23. The van der Waals surface area contributed by atoms with E-state index >= 15 is 0 Å². The molecular formula is C18H14N2OS. The summed E-state index contributed by atoms with van der Waals surface area (Å²) in [7, 11) is 0. The van der Waals surface area contributed by atoms with Crippen molar-refractivity contribution < 1.29 is 5.11 Å². The van der Waals surface area contributed by atoms with E-state index in [1.807, 2.05) is 35.7 Å². The molecule has 0 aliphatic carbocycles. The Morgan fingerprint density at radius 1 is 1.05 bits per heavy atom. The fourth-order valence-corrected chi connectivity index (χ4v) is 3.62. The van der Waals surface area contributed by atoms with Crippen LogP contribution in [-0.4, -0.2) is 15.1 Å². The summed E-state index contributed by atoms with van der Waals surface area (Å²) >= 11 is 1.55. The SMILES string of the molecule is Cc1[nH]c2ccccc2c1-c1csc(-c2ccccc2O)n1. The van der Waals surface area contributed by atoms with Crippen molar-refractivity contribution in [2.45, 2.75) is 6.92 Å². The highest BCUT2D eigenvalue weighted by molar-refractivity contribution is 7.13. The molecule has 4 heteroatoms. The molecule has 2 aromatic heterocycles. The molecule has 3 nitrogen and oxygen atoms in total. The standard InChI is InChI=1S/C18H14N2OS/c1-11-17(12-6-2-4-8-14(12)19-11)15-10-22-18(20-15)13-7-3-5-9-16(13)21/h2-10,19,21H,1H3. The largest absolute Gasteiger partial charge is 0.507 e. The number of nitrogens with one attached hydrogen (secondary N) is 1. The maximum atomic E-state index is 9.99. The second kappa shape index (κ2) is 5.00. The summed E-state index contributed by atoms with van der Waals surface area (Å²) in [5, 5.41) is 14.0. The molecule has 2 N–H and O–H groups in total. The molecule has 0 unspecified atom stereocenters. The van der Waals surface area contributed by atoms with Crippen LogP contribution in [0.2, 0.25) is 0 Å². The molecular weight excluding hydrogens is 292 g/mol. The van der Waals surface area contributed by atoms with Crippen LogP contribution in [0, 0.1) is 6.92 Å². The molecule has 2 aromatic carbocycles. The summed E-state index contributed by atoms with van der Waals surface area (Å²) in [6, 6.07) is 15.5. The lowest BCUT2D eigenvalue weighted by Crippen LogP contribution is -1.81. The average molecular weight is 306 g/mol. The number of thiazole rings is 1. The molecule has 0 aliphatic rings. The van der Waals surface area contributed by atoms with Gasteiger partial charge >= 0.3 is 0 Å². The van der Waals surface area contributed by atoms with Gasteiger partial charge in [0.2, 0.25) is 0 Å². The molecule has 0 amide bonds. The van der Waals surface area contributed by atoms with Gasteiger partial charge in [0.05, 0.1) is 11.3 Å². The monoisotopic (exact) mass is 306 g/mol. The lowest BCUT2D eigenvalue weighted by Gasteiger charge is -2.00. The van der Waals surface area contributed by atoms with E-state index in [0.29, 0.717) is 0 Å². The summed E-state index contributed by atoms with van der Waals surface area (Å²) in [6.45, 7) is 2.06. The smallest absolute Gasteiger partial charge is 0.127 e. The predicted octanol–water partition coefficient (Wildman–Crippen LogP) is 4.97. The van der Waals surface area contributed by atoms with Gasteiger partial charge in [-0.05, 0) is 25.1 Å². The van der Waals surface area contributed by atoms with Gasteiger partial charge in [0, 0.05) is 27.5 Å². The predicted molar refractivity (Wildman–Crippen MR) is 91.2 cm³/mol. The van der Waals surface area contributed by atoms with E-state index in [1.54, 1.807) is 17.4 Å². The van der Waals surface area contributed by atoms with Crippen LogP contribution < -0.4 is 0 Å². The first-order valence-corrected chi connectivity index (χ1v) is 7.93. The summed E-state index contributed by atoms with van der Waals surface area (Å²) in [4.78, 5) is 8.13. The topological polar surface area (TPSA) is 48.9 Å². The van der Waals surface area contributed by atoms with Gasteiger partial charge in [0.1, 0.15) is 10.8 Å². The molecule has 0 spiro atoms. The Bertz CT molecular complexity index is 968. The number of para-hydroxylation sites is 2. The van der Waals surface area contributed by atoms with E-state index in [-0.39, 0.29) is 5.75 Å². The molecule has 2 heterocycles. The van der Waals surface area contributed by atoms with E-state index in [4.69, 9.17) is 4.98 Å². The molecule has 22 heavy (non-hydrogen) atoms. The Balaban J connectivity index is 1.88. The van der Waals surface area contributed by atoms with Gasteiger partial charge in [-0.3, -0.25) is 0 Å². The third kappa shape index (κ3) is 2.00. The average Bonchev–Trinajstić information content (AvgIpc) is 3.10. The van der Waals surface area contributed by atoms with Crippen LogP contribution in [0.25, 0.3) is 32.7 Å². The van der Waals surface area contributed by atoms with Crippen molar-refractivity contribution in [3.8, 4) is 27.6 Å². The molecule has 4 aromatic rings. The molecule has 0 saturated carbocycles. The number of hydrogen-bond donors (Lipinski definition) is 2. The molecule has 0 bridgehead atoms. The van der Waals surface area contributed by atoms with Crippen LogP contribution in [0.5, 0.6) is 5.75 Å². The Morgan fingerprint density at radius 2 is 1.82 bits per heavy atom. The van der Waals surface area contributed by atoms with E-state index in [9.17, 15) is 5.11 Å². The number of aryl methyl sites for hydroxylation is 1. The Kier molecular flexibility index (Phi) is 2.98. The van der Waals surface area contributed by atoms with Crippen molar-refractivity contribution >= 4 is 22.2 Å². The number of aromatic nitrogens is 2. The van der Waals surface area contributed by atoms with Gasteiger partial charge in [-0.15, -0.1) is 11.3 Å². The van der Waals surface area contributed by atoms with Gasteiger partial charge in [0.15, 0.2) is 0 Å². The number of benzene rings is 2. The van der Waals surface area contributed by atoms with Crippen LogP contribution in [0.4, 0.5) is 0 Å². The van der Waals surface area contributed by atoms with E-state index in [1.165, 1.54) is 5.39 Å². The molecule has 0 fully saturated rings. The van der Waals surface area contributed by atoms with Crippen molar-refractivity contribution in [2.75, 3.05) is 0 Å². The van der Waals surface area contributed by atoms with Gasteiger partial charge in [-0.2, -0.15) is 0 Å². The number of H-pyrrole nitrogens is 1. The summed E-state index contributed by atoms with van der Waals surface area (Å²) in [5.74, 6) is 0.263. The summed E-state index contributed by atoms with van der Waals surface area (Å²) < 4.78 is 0. The lowest BCUT2D eigenvalue weighted by molar-refractivity contribution is 0.477. The normalized spacial score (nSPS) is 11.1. The van der Waals surface area contributed by atoms with Crippen LogP contribution in [-0.2, 0) is 0 Å². The fraction of sp³-hybridized carbons (Fsp3) is 0.0556. The molecule has 0 aliphatic heterocycles. The van der Waals surface area contributed by atoms with Crippen molar-refractivity contribution in [2.24, 2.45) is 0 Å². The van der Waals surface area contributed by atoms with Crippen LogP contribution >= 0.6 is 11.3 Å². The van der Waals surface area contributed by atoms with Crippen LogP contribution in [0.3, 0.4) is 0 Å². The number of hydrogen-bond acceptors (Lipinski definition) is 3. The van der Waals surface area contributed by atoms with Crippen LogP contribution in [0.15, 0.2) is 53.9 Å². The zero-order valence-corrected chi connectivity index (χ0v) is 12.8. The van der Waals surface area contributed by atoms with Crippen molar-refractivity contribution in [3.63, 3.8) is 0 Å². The first-order valence-electron chi connectivity index (χ1n) is 7.05. The molecule has 4 rings (SSSR count). The van der Waals surface area contributed by atoms with Gasteiger partial charge < -0.3 is 10.1 Å². The Hall–Kier alpha value is -2.59. The van der Waals surface area contributed by atoms with Gasteiger partial charge in [-0.1, -0.05) is 30.3 Å². The first kappa shape index (κ1) is 13.1. The minimum atomic E-state index is 0.263. The molecule has 0 radical (unpaired) electrons. The summed E-state index contributed by atoms with van der Waals surface area (Å²) in [6.07, 6.45) is 0. The van der Waals surface area contributed by atoms with Crippen molar-refractivity contribution in [3.05, 3.63) is 59.6 Å². The van der Waals surface area contributed by atoms with E-state index in [0.717, 1.165) is 33.0 Å². The van der Waals surface area contributed by atoms with E-state index < -0.39 is 0 Å². The minimum absolute atomic E-state index is 0.263. The highest BCUT2D eigenvalue weighted by atomic mass is 32.1. The molecule has 108 valence electrons. The van der Waals surface area contributed by atoms with Crippen molar-refractivity contribution in [1.82, 2.24) is 9.97 Å². The maximum Gasteiger partial charge on any atom is 0.127 e. The zero-order valence-electron chi connectivity index (χ0n) is 12.0. The number of aromatic hydroxyl groups is 1. The Labute approximate surface area is 131 Å². The zero-order chi connectivity index (χ0) is 15.1. The van der Waals surface area contributed by atoms with Crippen LogP contribution in [0.1, 0.15) is 5.69 Å². The number of phenols is 1. The number of nitrogens with zero attached hydrogens (tertiary/aromatic N) is 1. The molecule has 0 saturated heterocycles. The highest BCUT2D eigenvalue weighted by Crippen LogP contribution is 2.37. The van der Waals surface area contributed by atoms with Gasteiger partial charge in [0.25, 0.3) is 0 Å².